The summed E-state index contributed by atoms with van der Waals surface area (Å²) in [5.41, 5.74) is -1.06. The lowest BCUT2D eigenvalue weighted by Crippen LogP contribution is -2.02. The summed E-state index contributed by atoms with van der Waals surface area (Å²) in [7, 11) is 0.714. The topological polar surface area (TPSA) is 67.3 Å². The van der Waals surface area contributed by atoms with E-state index >= 15 is 0 Å². The van der Waals surface area contributed by atoms with E-state index in [1.807, 2.05) is 0 Å². The minimum atomic E-state index is -4.27. The van der Waals surface area contributed by atoms with E-state index in [4.69, 9.17) is 15.8 Å². The SMILES string of the molecule is Cc1c(C(F)F)ncc(O)c1S(=O)(=O)Cl. The Morgan fingerprint density at radius 2 is 2.07 bits per heavy atom. The molecule has 15 heavy (non-hydrogen) atoms. The molecule has 1 heterocycles. The molecule has 0 saturated heterocycles. The fourth-order valence-electron chi connectivity index (χ4n) is 1.12. The van der Waals surface area contributed by atoms with Gasteiger partial charge < -0.3 is 5.11 Å². The van der Waals surface area contributed by atoms with Crippen molar-refractivity contribution in [2.75, 3.05) is 0 Å². The van der Waals surface area contributed by atoms with Gasteiger partial charge >= 0.3 is 0 Å². The predicted molar refractivity (Wildman–Crippen MR) is 48.6 cm³/mol. The molecular weight excluding hydrogens is 252 g/mol. The van der Waals surface area contributed by atoms with E-state index in [9.17, 15) is 17.2 Å². The highest BCUT2D eigenvalue weighted by molar-refractivity contribution is 8.13. The lowest BCUT2D eigenvalue weighted by atomic mass is 10.2. The van der Waals surface area contributed by atoms with Crippen LogP contribution < -0.4 is 0 Å². The Hall–Kier alpha value is -0.950. The Morgan fingerprint density at radius 3 is 2.47 bits per heavy atom. The van der Waals surface area contributed by atoms with Gasteiger partial charge in [-0.05, 0) is 6.92 Å². The van der Waals surface area contributed by atoms with Crippen LogP contribution in [0.15, 0.2) is 11.1 Å². The maximum absolute atomic E-state index is 12.3. The fraction of sp³-hybridized carbons (Fsp3) is 0.286. The standard InChI is InChI=1S/C7H6ClF2NO3S/c1-3-5(7(9)10)11-2-4(12)6(3)15(8,13)14/h2,7,12H,1H3. The summed E-state index contributed by atoms with van der Waals surface area (Å²) in [5.74, 6) is -0.744. The summed E-state index contributed by atoms with van der Waals surface area (Å²) in [6, 6.07) is 0. The first-order chi connectivity index (χ1) is 6.75. The Balaban J connectivity index is 3.59. The van der Waals surface area contributed by atoms with Crippen LogP contribution in [0.1, 0.15) is 17.7 Å². The van der Waals surface area contributed by atoms with Gasteiger partial charge in [0.15, 0.2) is 5.75 Å². The first kappa shape index (κ1) is 12.1. The number of aromatic hydroxyl groups is 1. The number of alkyl halides is 2. The van der Waals surface area contributed by atoms with Crippen LogP contribution in [0.5, 0.6) is 5.75 Å². The second kappa shape index (κ2) is 3.90. The summed E-state index contributed by atoms with van der Waals surface area (Å²) in [6.07, 6.45) is -2.30. The largest absolute Gasteiger partial charge is 0.505 e. The second-order valence-corrected chi connectivity index (χ2v) is 5.22. The summed E-state index contributed by atoms with van der Waals surface area (Å²) >= 11 is 0. The van der Waals surface area contributed by atoms with Gasteiger partial charge in [-0.25, -0.2) is 17.2 Å². The summed E-state index contributed by atoms with van der Waals surface area (Å²) in [6.45, 7) is 1.10. The lowest BCUT2D eigenvalue weighted by Gasteiger charge is -2.08. The van der Waals surface area contributed by atoms with Gasteiger partial charge in [-0.3, -0.25) is 4.98 Å². The first-order valence-electron chi connectivity index (χ1n) is 3.66. The predicted octanol–water partition coefficient (Wildman–Crippen LogP) is 1.96. The van der Waals surface area contributed by atoms with Crippen LogP contribution in [-0.2, 0) is 9.05 Å². The normalized spacial score (nSPS) is 12.1. The van der Waals surface area contributed by atoms with Crippen LogP contribution >= 0.6 is 10.7 Å². The molecule has 0 unspecified atom stereocenters. The molecule has 0 amide bonds. The highest BCUT2D eigenvalue weighted by Crippen LogP contribution is 2.33. The molecule has 0 aliphatic rings. The molecule has 0 aromatic carbocycles. The highest BCUT2D eigenvalue weighted by Gasteiger charge is 2.25. The molecule has 0 aliphatic heterocycles. The average Bonchev–Trinajstić information content (AvgIpc) is 2.00. The van der Waals surface area contributed by atoms with Gasteiger partial charge in [-0.2, -0.15) is 0 Å². The van der Waals surface area contributed by atoms with Crippen LogP contribution in [0, 0.1) is 6.92 Å². The molecular formula is C7H6ClF2NO3S. The van der Waals surface area contributed by atoms with Crippen LogP contribution in [0.3, 0.4) is 0 Å². The molecule has 1 rings (SSSR count). The molecule has 84 valence electrons. The molecule has 0 aliphatic carbocycles. The molecule has 0 saturated carbocycles. The van der Waals surface area contributed by atoms with Crippen molar-refractivity contribution in [1.29, 1.82) is 0 Å². The molecule has 0 spiro atoms. The zero-order chi connectivity index (χ0) is 11.8. The number of rotatable bonds is 2. The lowest BCUT2D eigenvalue weighted by molar-refractivity contribution is 0.144. The first-order valence-corrected chi connectivity index (χ1v) is 5.97. The Bertz CT molecular complexity index is 489. The molecule has 1 N–H and O–H groups in total. The third-order valence-corrected chi connectivity index (χ3v) is 3.20. The fourth-order valence-corrected chi connectivity index (χ4v) is 2.48. The van der Waals surface area contributed by atoms with Gasteiger partial charge in [0.25, 0.3) is 15.5 Å². The van der Waals surface area contributed by atoms with Gasteiger partial charge in [0.05, 0.1) is 6.20 Å². The number of pyridine rings is 1. The molecule has 4 nitrogen and oxygen atoms in total. The molecule has 8 heteroatoms. The van der Waals surface area contributed by atoms with Crippen LogP contribution in [0.25, 0.3) is 0 Å². The van der Waals surface area contributed by atoms with Crippen molar-refractivity contribution in [2.24, 2.45) is 0 Å². The van der Waals surface area contributed by atoms with Crippen molar-refractivity contribution in [3.05, 3.63) is 17.5 Å². The van der Waals surface area contributed by atoms with Crippen molar-refractivity contribution in [3.63, 3.8) is 0 Å². The Kier molecular flexibility index (Phi) is 3.15. The quantitative estimate of drug-likeness (QED) is 0.823. The van der Waals surface area contributed by atoms with Crippen molar-refractivity contribution >= 4 is 19.7 Å². The van der Waals surface area contributed by atoms with Gasteiger partial charge in [0.1, 0.15) is 10.6 Å². The molecule has 0 bridgehead atoms. The van der Waals surface area contributed by atoms with Gasteiger partial charge in [0, 0.05) is 16.2 Å². The number of halogens is 3. The maximum atomic E-state index is 12.3. The van der Waals surface area contributed by atoms with Gasteiger partial charge in [0.2, 0.25) is 0 Å². The maximum Gasteiger partial charge on any atom is 0.280 e. The van der Waals surface area contributed by atoms with Crippen LogP contribution in [-0.4, -0.2) is 18.5 Å². The minimum Gasteiger partial charge on any atom is -0.505 e. The number of aromatic nitrogens is 1. The molecule has 1 aromatic heterocycles. The van der Waals surface area contributed by atoms with Crippen molar-refractivity contribution in [2.45, 2.75) is 18.2 Å². The van der Waals surface area contributed by atoms with Crippen molar-refractivity contribution in [3.8, 4) is 5.75 Å². The van der Waals surface area contributed by atoms with Crippen LogP contribution in [0.4, 0.5) is 8.78 Å². The van der Waals surface area contributed by atoms with Gasteiger partial charge in [-0.15, -0.1) is 0 Å². The van der Waals surface area contributed by atoms with E-state index in [0.717, 1.165) is 6.92 Å². The monoisotopic (exact) mass is 257 g/mol. The highest BCUT2D eigenvalue weighted by atomic mass is 35.7. The number of nitrogens with zero attached hydrogens (tertiary/aromatic N) is 1. The minimum absolute atomic E-state index is 0.347. The molecule has 0 fully saturated rings. The molecule has 0 radical (unpaired) electrons. The Morgan fingerprint density at radius 1 is 1.53 bits per heavy atom. The van der Waals surface area contributed by atoms with E-state index in [0.29, 0.717) is 6.20 Å². The van der Waals surface area contributed by atoms with E-state index in [-0.39, 0.29) is 5.56 Å². The van der Waals surface area contributed by atoms with Gasteiger partial charge in [-0.1, -0.05) is 0 Å². The van der Waals surface area contributed by atoms with E-state index < -0.39 is 31.8 Å². The zero-order valence-electron chi connectivity index (χ0n) is 7.41. The third kappa shape index (κ3) is 2.35. The second-order valence-electron chi connectivity index (χ2n) is 2.72. The average molecular weight is 258 g/mol. The summed E-state index contributed by atoms with van der Waals surface area (Å²) in [4.78, 5) is 2.50. The number of hydrogen-bond acceptors (Lipinski definition) is 4. The number of hydrogen-bond donors (Lipinski definition) is 1. The van der Waals surface area contributed by atoms with E-state index in [1.54, 1.807) is 0 Å². The smallest absolute Gasteiger partial charge is 0.280 e. The van der Waals surface area contributed by atoms with Crippen LogP contribution in [0.2, 0.25) is 0 Å². The summed E-state index contributed by atoms with van der Waals surface area (Å²) in [5, 5.41) is 9.16. The van der Waals surface area contributed by atoms with E-state index in [1.165, 1.54) is 0 Å². The van der Waals surface area contributed by atoms with Crippen molar-refractivity contribution < 1.29 is 22.3 Å². The molecule has 0 atom stereocenters. The zero-order valence-corrected chi connectivity index (χ0v) is 8.98. The van der Waals surface area contributed by atoms with Crippen molar-refractivity contribution in [1.82, 2.24) is 4.98 Å². The van der Waals surface area contributed by atoms with E-state index in [2.05, 4.69) is 4.98 Å². The Labute approximate surface area is 88.9 Å². The summed E-state index contributed by atoms with van der Waals surface area (Å²) < 4.78 is 46.7. The third-order valence-electron chi connectivity index (χ3n) is 1.73. The molecule has 1 aromatic rings.